The Hall–Kier alpha value is -0.640. The Kier molecular flexibility index (Phi) is 2.21. The van der Waals surface area contributed by atoms with Crippen LogP contribution in [0.25, 0.3) is 0 Å². The summed E-state index contributed by atoms with van der Waals surface area (Å²) in [6, 6.07) is 0. The Morgan fingerprint density at radius 3 is 3.00 bits per heavy atom. The topological polar surface area (TPSA) is 34.9 Å². The monoisotopic (exact) mass is 202 g/mol. The fourth-order valence-corrected chi connectivity index (χ4v) is 1.13. The molecule has 10 heavy (non-hydrogen) atoms. The second-order valence-electron chi connectivity index (χ2n) is 1.81. The van der Waals surface area contributed by atoms with Gasteiger partial charge >= 0.3 is 0 Å². The van der Waals surface area contributed by atoms with Crippen LogP contribution in [-0.4, -0.2) is 16.1 Å². The second kappa shape index (κ2) is 2.96. The maximum absolute atomic E-state index is 10.4. The summed E-state index contributed by atoms with van der Waals surface area (Å²) in [6.45, 7) is 2.66. The van der Waals surface area contributed by atoms with E-state index in [1.54, 1.807) is 10.9 Å². The Morgan fingerprint density at radius 1 is 1.90 bits per heavy atom. The highest BCUT2D eigenvalue weighted by molar-refractivity contribution is 9.10. The molecule has 1 aromatic heterocycles. The molecule has 0 amide bonds. The molecule has 0 aromatic carbocycles. The van der Waals surface area contributed by atoms with Crippen molar-refractivity contribution in [3.63, 3.8) is 0 Å². The lowest BCUT2D eigenvalue weighted by Crippen LogP contribution is -2.00. The minimum Gasteiger partial charge on any atom is -0.296 e. The minimum atomic E-state index is 0.600. The molecular formula is C6H7BrN2O. The SMILES string of the molecule is CCn1ncc(Br)c1C=O. The Labute approximate surface area is 67.2 Å². The van der Waals surface area contributed by atoms with E-state index >= 15 is 0 Å². The van der Waals surface area contributed by atoms with Crippen LogP contribution in [0.15, 0.2) is 10.7 Å². The van der Waals surface area contributed by atoms with E-state index in [-0.39, 0.29) is 0 Å². The van der Waals surface area contributed by atoms with Gasteiger partial charge in [0.15, 0.2) is 6.29 Å². The predicted octanol–water partition coefficient (Wildman–Crippen LogP) is 1.48. The number of aryl methyl sites for hydroxylation is 1. The van der Waals surface area contributed by atoms with Crippen molar-refractivity contribution in [3.8, 4) is 0 Å². The zero-order valence-electron chi connectivity index (χ0n) is 5.54. The van der Waals surface area contributed by atoms with Gasteiger partial charge in [0.2, 0.25) is 0 Å². The number of aldehydes is 1. The number of hydrogen-bond acceptors (Lipinski definition) is 2. The van der Waals surface area contributed by atoms with Gasteiger partial charge in [-0.15, -0.1) is 0 Å². The summed E-state index contributed by atoms with van der Waals surface area (Å²) in [7, 11) is 0. The summed E-state index contributed by atoms with van der Waals surface area (Å²) in [5.41, 5.74) is 0.600. The van der Waals surface area contributed by atoms with Crippen LogP contribution < -0.4 is 0 Å². The maximum atomic E-state index is 10.4. The molecule has 1 aromatic rings. The molecule has 54 valence electrons. The van der Waals surface area contributed by atoms with Gasteiger partial charge in [0.05, 0.1) is 10.7 Å². The zero-order chi connectivity index (χ0) is 7.56. The molecule has 0 aliphatic carbocycles. The molecule has 0 fully saturated rings. The largest absolute Gasteiger partial charge is 0.296 e. The first-order chi connectivity index (χ1) is 4.79. The summed E-state index contributed by atoms with van der Waals surface area (Å²) in [6.07, 6.45) is 2.41. The summed E-state index contributed by atoms with van der Waals surface area (Å²) in [4.78, 5) is 10.4. The molecule has 0 spiro atoms. The van der Waals surface area contributed by atoms with Gasteiger partial charge in [-0.25, -0.2) is 0 Å². The molecule has 0 unspecified atom stereocenters. The van der Waals surface area contributed by atoms with Gasteiger partial charge in [-0.05, 0) is 22.9 Å². The van der Waals surface area contributed by atoms with Crippen LogP contribution in [0.2, 0.25) is 0 Å². The number of rotatable bonds is 2. The van der Waals surface area contributed by atoms with E-state index in [1.165, 1.54) is 0 Å². The molecule has 1 rings (SSSR count). The quantitative estimate of drug-likeness (QED) is 0.682. The molecule has 0 aliphatic heterocycles. The van der Waals surface area contributed by atoms with Crippen LogP contribution in [-0.2, 0) is 6.54 Å². The van der Waals surface area contributed by atoms with Crippen molar-refractivity contribution < 1.29 is 4.79 Å². The maximum Gasteiger partial charge on any atom is 0.169 e. The third kappa shape index (κ3) is 1.11. The van der Waals surface area contributed by atoms with Crippen LogP contribution in [0.5, 0.6) is 0 Å². The van der Waals surface area contributed by atoms with Crippen LogP contribution >= 0.6 is 15.9 Å². The van der Waals surface area contributed by atoms with E-state index in [9.17, 15) is 4.79 Å². The first-order valence-electron chi connectivity index (χ1n) is 2.96. The van der Waals surface area contributed by atoms with Crippen molar-refractivity contribution in [2.45, 2.75) is 13.5 Å². The van der Waals surface area contributed by atoms with E-state index < -0.39 is 0 Å². The van der Waals surface area contributed by atoms with Gasteiger partial charge in [-0.1, -0.05) is 0 Å². The van der Waals surface area contributed by atoms with E-state index in [1.807, 2.05) is 6.92 Å². The average molecular weight is 203 g/mol. The predicted molar refractivity (Wildman–Crippen MR) is 41.0 cm³/mol. The lowest BCUT2D eigenvalue weighted by molar-refractivity contribution is 0.111. The second-order valence-corrected chi connectivity index (χ2v) is 2.67. The number of nitrogens with zero attached hydrogens (tertiary/aromatic N) is 2. The lowest BCUT2D eigenvalue weighted by atomic mass is 10.5. The molecule has 0 bridgehead atoms. The Morgan fingerprint density at radius 2 is 2.60 bits per heavy atom. The first-order valence-corrected chi connectivity index (χ1v) is 3.75. The van der Waals surface area contributed by atoms with Crippen molar-refractivity contribution in [1.29, 1.82) is 0 Å². The minimum absolute atomic E-state index is 0.600. The molecule has 0 atom stereocenters. The van der Waals surface area contributed by atoms with Crippen LogP contribution in [0.3, 0.4) is 0 Å². The van der Waals surface area contributed by atoms with Gasteiger partial charge < -0.3 is 0 Å². The van der Waals surface area contributed by atoms with Gasteiger partial charge in [0.1, 0.15) is 5.69 Å². The summed E-state index contributed by atoms with van der Waals surface area (Å²) in [5.74, 6) is 0. The van der Waals surface area contributed by atoms with Crippen LogP contribution in [0.1, 0.15) is 17.4 Å². The number of hydrogen-bond donors (Lipinski definition) is 0. The number of aromatic nitrogens is 2. The summed E-state index contributed by atoms with van der Waals surface area (Å²) >= 11 is 3.20. The molecule has 1 heterocycles. The van der Waals surface area contributed by atoms with E-state index in [2.05, 4.69) is 21.0 Å². The fraction of sp³-hybridized carbons (Fsp3) is 0.333. The van der Waals surface area contributed by atoms with Gasteiger partial charge in [0.25, 0.3) is 0 Å². The van der Waals surface area contributed by atoms with E-state index in [0.29, 0.717) is 5.69 Å². The number of carbonyl (C=O) groups is 1. The third-order valence-corrected chi connectivity index (χ3v) is 1.86. The molecule has 0 N–H and O–H groups in total. The van der Waals surface area contributed by atoms with Crippen molar-refractivity contribution in [1.82, 2.24) is 9.78 Å². The molecule has 0 aliphatic rings. The van der Waals surface area contributed by atoms with Gasteiger partial charge in [-0.2, -0.15) is 5.10 Å². The third-order valence-electron chi connectivity index (χ3n) is 1.24. The van der Waals surface area contributed by atoms with Crippen molar-refractivity contribution in [2.75, 3.05) is 0 Å². The molecule has 0 radical (unpaired) electrons. The molecule has 0 saturated heterocycles. The van der Waals surface area contributed by atoms with Gasteiger partial charge in [0, 0.05) is 6.54 Å². The molecule has 3 nitrogen and oxygen atoms in total. The summed E-state index contributed by atoms with van der Waals surface area (Å²) in [5, 5.41) is 3.94. The van der Waals surface area contributed by atoms with Crippen molar-refractivity contribution in [2.24, 2.45) is 0 Å². The van der Waals surface area contributed by atoms with Crippen LogP contribution in [0, 0.1) is 0 Å². The zero-order valence-corrected chi connectivity index (χ0v) is 7.13. The van der Waals surface area contributed by atoms with Crippen molar-refractivity contribution in [3.05, 3.63) is 16.4 Å². The highest BCUT2D eigenvalue weighted by Crippen LogP contribution is 2.12. The Balaban J connectivity index is 3.12. The van der Waals surface area contributed by atoms with E-state index in [4.69, 9.17) is 0 Å². The molecule has 4 heteroatoms. The smallest absolute Gasteiger partial charge is 0.169 e. The molecular weight excluding hydrogens is 196 g/mol. The average Bonchev–Trinajstić information content (AvgIpc) is 2.30. The lowest BCUT2D eigenvalue weighted by Gasteiger charge is -1.95. The number of carbonyl (C=O) groups excluding carboxylic acids is 1. The fourth-order valence-electron chi connectivity index (χ4n) is 0.741. The highest BCUT2D eigenvalue weighted by Gasteiger charge is 2.03. The van der Waals surface area contributed by atoms with E-state index in [0.717, 1.165) is 17.3 Å². The summed E-state index contributed by atoms with van der Waals surface area (Å²) < 4.78 is 2.39. The van der Waals surface area contributed by atoms with Crippen LogP contribution in [0.4, 0.5) is 0 Å². The number of halogens is 1. The van der Waals surface area contributed by atoms with Crippen molar-refractivity contribution >= 4 is 22.2 Å². The van der Waals surface area contributed by atoms with Gasteiger partial charge in [-0.3, -0.25) is 9.48 Å². The molecule has 0 saturated carbocycles. The standard InChI is InChI=1S/C6H7BrN2O/c1-2-9-6(4-10)5(7)3-8-9/h3-4H,2H2,1H3. The Bertz CT molecular complexity index is 244. The first kappa shape index (κ1) is 7.47. The highest BCUT2D eigenvalue weighted by atomic mass is 79.9. The normalized spacial score (nSPS) is 9.80.